The van der Waals surface area contributed by atoms with Gasteiger partial charge in [-0.2, -0.15) is 0 Å². The molecule has 0 radical (unpaired) electrons. The molecule has 0 aliphatic carbocycles. The maximum absolute atomic E-state index is 14.1. The zero-order valence-corrected chi connectivity index (χ0v) is 10.9. The van der Waals surface area contributed by atoms with Gasteiger partial charge in [0.15, 0.2) is 0 Å². The Hall–Kier alpha value is -2.16. The molecule has 0 amide bonds. The van der Waals surface area contributed by atoms with Gasteiger partial charge in [0.05, 0.1) is 13.0 Å². The highest BCUT2D eigenvalue weighted by Gasteiger charge is 2.17. The van der Waals surface area contributed by atoms with Crippen molar-refractivity contribution in [3.8, 4) is 11.1 Å². The van der Waals surface area contributed by atoms with Gasteiger partial charge in [-0.1, -0.05) is 42.5 Å². The Morgan fingerprint density at radius 3 is 2.42 bits per heavy atom. The molecule has 2 nitrogen and oxygen atoms in total. The van der Waals surface area contributed by atoms with E-state index in [4.69, 9.17) is 0 Å². The average Bonchev–Trinajstić information content (AvgIpc) is 2.46. The molecule has 0 saturated heterocycles. The molecule has 0 fully saturated rings. The standard InChI is InChI=1S/C16H15FO2/c1-11(16(18)19-2)13-8-9-14(15(17)10-13)12-6-4-3-5-7-12/h3-11H,1-2H3/i17-1. The first-order chi connectivity index (χ1) is 9.13. The van der Waals surface area contributed by atoms with E-state index in [2.05, 4.69) is 4.74 Å². The molecule has 2 aromatic rings. The van der Waals surface area contributed by atoms with E-state index in [1.165, 1.54) is 13.2 Å². The van der Waals surface area contributed by atoms with Crippen molar-refractivity contribution in [3.05, 3.63) is 59.9 Å². The molecular formula is C16H15FO2. The normalized spacial score (nSPS) is 11.9. The molecule has 2 rings (SSSR count). The van der Waals surface area contributed by atoms with Crippen LogP contribution in [0.15, 0.2) is 48.5 Å². The quantitative estimate of drug-likeness (QED) is 0.782. The molecule has 0 aromatic heterocycles. The molecule has 1 unspecified atom stereocenters. The Bertz CT molecular complexity index is 579. The second-order valence-corrected chi connectivity index (χ2v) is 4.35. The van der Waals surface area contributed by atoms with Crippen molar-refractivity contribution in [2.75, 3.05) is 7.11 Å². The predicted molar refractivity (Wildman–Crippen MR) is 72.3 cm³/mol. The third-order valence-electron chi connectivity index (χ3n) is 3.13. The number of esters is 1. The van der Waals surface area contributed by atoms with Crippen LogP contribution < -0.4 is 0 Å². The van der Waals surface area contributed by atoms with Gasteiger partial charge in [0.2, 0.25) is 0 Å². The van der Waals surface area contributed by atoms with Crippen LogP contribution >= 0.6 is 0 Å². The fraction of sp³-hybridized carbons (Fsp3) is 0.188. The minimum absolute atomic E-state index is 0.334. The Balaban J connectivity index is 2.35. The first-order valence-corrected chi connectivity index (χ1v) is 6.06. The highest BCUT2D eigenvalue weighted by molar-refractivity contribution is 5.78. The average molecular weight is 257 g/mol. The number of methoxy groups -OCH3 is 1. The first-order valence-electron chi connectivity index (χ1n) is 6.06. The molecule has 98 valence electrons. The Morgan fingerprint density at radius 1 is 1.16 bits per heavy atom. The molecule has 0 N–H and O–H groups in total. The topological polar surface area (TPSA) is 26.3 Å². The van der Waals surface area contributed by atoms with E-state index in [0.717, 1.165) is 5.56 Å². The van der Waals surface area contributed by atoms with Crippen molar-refractivity contribution in [1.82, 2.24) is 0 Å². The van der Waals surface area contributed by atoms with Gasteiger partial charge in [-0.25, -0.2) is 4.39 Å². The first kappa shape index (κ1) is 13.3. The molecule has 0 spiro atoms. The van der Waals surface area contributed by atoms with Crippen LogP contribution in [0.25, 0.3) is 11.1 Å². The molecule has 19 heavy (non-hydrogen) atoms. The second kappa shape index (κ2) is 5.65. The van der Waals surface area contributed by atoms with E-state index in [-0.39, 0.29) is 11.8 Å². The van der Waals surface area contributed by atoms with E-state index in [9.17, 15) is 9.18 Å². The lowest BCUT2D eigenvalue weighted by Crippen LogP contribution is -2.11. The van der Waals surface area contributed by atoms with Crippen molar-refractivity contribution < 1.29 is 13.9 Å². The molecule has 0 aliphatic rings. The number of rotatable bonds is 3. The summed E-state index contributed by atoms with van der Waals surface area (Å²) >= 11 is 0. The number of hydrogen-bond acceptors (Lipinski definition) is 2. The van der Waals surface area contributed by atoms with Gasteiger partial charge in [0.25, 0.3) is 0 Å². The van der Waals surface area contributed by atoms with Gasteiger partial charge in [0, 0.05) is 5.56 Å². The van der Waals surface area contributed by atoms with Crippen molar-refractivity contribution >= 4 is 5.97 Å². The van der Waals surface area contributed by atoms with Crippen molar-refractivity contribution in [3.63, 3.8) is 0 Å². The number of carbonyl (C=O) groups excluding carboxylic acids is 1. The number of halogens is 1. The van der Waals surface area contributed by atoms with Crippen LogP contribution in [0.1, 0.15) is 18.4 Å². The van der Waals surface area contributed by atoms with Crippen LogP contribution in [-0.2, 0) is 9.53 Å². The summed E-state index contributed by atoms with van der Waals surface area (Å²) in [5, 5.41) is 0. The van der Waals surface area contributed by atoms with Gasteiger partial charge < -0.3 is 4.74 Å². The smallest absolute Gasteiger partial charge is 0.312 e. The van der Waals surface area contributed by atoms with E-state index < -0.39 is 5.92 Å². The molecule has 0 bridgehead atoms. The van der Waals surface area contributed by atoms with Gasteiger partial charge in [0.1, 0.15) is 5.82 Å². The fourth-order valence-electron chi connectivity index (χ4n) is 1.97. The second-order valence-electron chi connectivity index (χ2n) is 4.35. The largest absolute Gasteiger partial charge is 0.469 e. The lowest BCUT2D eigenvalue weighted by molar-refractivity contribution is -0.141. The van der Waals surface area contributed by atoms with E-state index in [1.54, 1.807) is 19.1 Å². The van der Waals surface area contributed by atoms with Crippen LogP contribution in [-0.4, -0.2) is 13.1 Å². The van der Waals surface area contributed by atoms with E-state index >= 15 is 0 Å². The molecule has 0 aliphatic heterocycles. The summed E-state index contributed by atoms with van der Waals surface area (Å²) in [4.78, 5) is 11.4. The SMILES string of the molecule is COC(=O)C(C)c1ccc(-c2ccccc2)c([18F])c1. The number of hydrogen-bond donors (Lipinski definition) is 0. The van der Waals surface area contributed by atoms with Gasteiger partial charge in [-0.3, -0.25) is 4.79 Å². The van der Waals surface area contributed by atoms with Crippen LogP contribution in [0.3, 0.4) is 0 Å². The zero-order valence-electron chi connectivity index (χ0n) is 10.9. The van der Waals surface area contributed by atoms with E-state index in [0.29, 0.717) is 11.1 Å². The van der Waals surface area contributed by atoms with Gasteiger partial charge >= 0.3 is 5.97 Å². The summed E-state index contributed by atoms with van der Waals surface area (Å²) in [6, 6.07) is 14.1. The lowest BCUT2D eigenvalue weighted by Gasteiger charge is -2.11. The Labute approximate surface area is 111 Å². The summed E-state index contributed by atoms with van der Waals surface area (Å²) < 4.78 is 18.8. The maximum Gasteiger partial charge on any atom is 0.312 e. The van der Waals surface area contributed by atoms with Crippen LogP contribution in [0.5, 0.6) is 0 Å². The molecule has 2 aromatic carbocycles. The van der Waals surface area contributed by atoms with Crippen LogP contribution in [0, 0.1) is 5.82 Å². The summed E-state index contributed by atoms with van der Waals surface area (Å²) in [6.07, 6.45) is 0. The third kappa shape index (κ3) is 2.81. The van der Waals surface area contributed by atoms with E-state index in [1.807, 2.05) is 30.3 Å². The summed E-state index contributed by atoms with van der Waals surface area (Å²) in [6.45, 7) is 1.70. The summed E-state index contributed by atoms with van der Waals surface area (Å²) in [5.41, 5.74) is 1.96. The number of carbonyl (C=O) groups is 1. The van der Waals surface area contributed by atoms with Crippen LogP contribution in [0.2, 0.25) is 0 Å². The molecule has 0 saturated carbocycles. The lowest BCUT2D eigenvalue weighted by atomic mass is 9.97. The van der Waals surface area contributed by atoms with Crippen molar-refractivity contribution in [1.29, 1.82) is 0 Å². The molecular weight excluding hydrogens is 242 g/mol. The molecule has 1 atom stereocenters. The Kier molecular flexibility index (Phi) is 3.95. The van der Waals surface area contributed by atoms with Gasteiger partial charge in [-0.15, -0.1) is 0 Å². The Morgan fingerprint density at radius 2 is 1.84 bits per heavy atom. The number of ether oxygens (including phenoxy) is 1. The molecule has 0 heterocycles. The fourth-order valence-corrected chi connectivity index (χ4v) is 1.97. The minimum atomic E-state index is -0.468. The summed E-state index contributed by atoms with van der Waals surface area (Å²) in [5.74, 6) is -1.17. The summed E-state index contributed by atoms with van der Waals surface area (Å²) in [7, 11) is 1.33. The number of benzene rings is 2. The predicted octanol–water partition coefficient (Wildman–Crippen LogP) is 3.77. The van der Waals surface area contributed by atoms with Gasteiger partial charge in [-0.05, 0) is 24.1 Å². The highest BCUT2D eigenvalue weighted by atomic mass is 18.2. The van der Waals surface area contributed by atoms with Crippen LogP contribution in [0.4, 0.5) is 4.39 Å². The monoisotopic (exact) mass is 257 g/mol. The minimum Gasteiger partial charge on any atom is -0.469 e. The zero-order chi connectivity index (χ0) is 13.8. The maximum atomic E-state index is 14.1. The van der Waals surface area contributed by atoms with Crippen molar-refractivity contribution in [2.45, 2.75) is 12.8 Å². The third-order valence-corrected chi connectivity index (χ3v) is 3.13. The van der Waals surface area contributed by atoms with Crippen molar-refractivity contribution in [2.24, 2.45) is 0 Å². The highest BCUT2D eigenvalue weighted by Crippen LogP contribution is 2.26. The molecule has 3 heteroatoms.